The Hall–Kier alpha value is -0.270. The third-order valence-electron chi connectivity index (χ3n) is 0.282. The van der Waals surface area contributed by atoms with Gasteiger partial charge in [-0.1, -0.05) is 0 Å². The number of amides is 1. The normalized spacial score (nSPS) is 8.12. The van der Waals surface area contributed by atoms with E-state index in [1.807, 2.05) is 3.57 Å². The van der Waals surface area contributed by atoms with E-state index < -0.39 is 27.3 Å². The van der Waals surface area contributed by atoms with Crippen LogP contribution in [0.3, 0.4) is 0 Å². The first-order valence-electron chi connectivity index (χ1n) is 1.79. The van der Waals surface area contributed by atoms with Crippen LogP contribution >= 0.6 is 0 Å². The maximum absolute atomic E-state index is 10.1. The number of nitrogens with one attached hydrogen (secondary N) is 1. The average Bonchev–Trinajstić information content (AvgIpc) is 1.61. The van der Waals surface area contributed by atoms with E-state index in [0.717, 1.165) is 0 Å². The van der Waals surface area contributed by atoms with E-state index in [4.69, 9.17) is 5.11 Å². The van der Waals surface area contributed by atoms with Crippen LogP contribution in [-0.4, -0.2) is 36.2 Å². The Labute approximate surface area is 56.7 Å². The second-order valence-corrected chi connectivity index (χ2v) is 3.81. The van der Waals surface area contributed by atoms with Gasteiger partial charge in [-0.2, -0.15) is 0 Å². The number of carbonyl (C=O) groups is 2. The van der Waals surface area contributed by atoms with E-state index in [-0.39, 0.29) is 3.83 Å². The van der Waals surface area contributed by atoms with Crippen molar-refractivity contribution >= 4 is 31.1 Å². The Bertz CT molecular complexity index is 99.1. The molecule has 0 aliphatic carbocycles. The molecule has 0 heterocycles. The van der Waals surface area contributed by atoms with E-state index in [0.29, 0.717) is 0 Å². The maximum atomic E-state index is 10.1. The molecule has 4 nitrogen and oxygen atoms in total. The summed E-state index contributed by atoms with van der Waals surface area (Å²) in [5.41, 5.74) is 0. The molecule has 0 aromatic heterocycles. The van der Waals surface area contributed by atoms with Gasteiger partial charge in [0.1, 0.15) is 0 Å². The van der Waals surface area contributed by atoms with Crippen LogP contribution in [0.2, 0.25) is 0 Å². The zero-order valence-corrected chi connectivity index (χ0v) is 6.50. The van der Waals surface area contributed by atoms with Gasteiger partial charge in [0.15, 0.2) is 0 Å². The third-order valence-corrected chi connectivity index (χ3v) is 1.89. The van der Waals surface area contributed by atoms with Gasteiger partial charge in [-0.15, -0.1) is 0 Å². The van der Waals surface area contributed by atoms with E-state index in [2.05, 4.69) is 0 Å². The van der Waals surface area contributed by atoms with Gasteiger partial charge in [0.2, 0.25) is 0 Å². The molecule has 0 spiro atoms. The van der Waals surface area contributed by atoms with Gasteiger partial charge in [0.25, 0.3) is 0 Å². The topological polar surface area (TPSA) is 66.4 Å². The number of carboxylic acid groups (broad SMARTS) is 1. The van der Waals surface area contributed by atoms with E-state index in [9.17, 15) is 9.59 Å². The molecule has 0 unspecified atom stereocenters. The van der Waals surface area contributed by atoms with Gasteiger partial charge in [-0.25, -0.2) is 0 Å². The molecule has 0 aromatic carbocycles. The van der Waals surface area contributed by atoms with Crippen LogP contribution in [0.5, 0.6) is 0 Å². The van der Waals surface area contributed by atoms with Gasteiger partial charge < -0.3 is 0 Å². The van der Waals surface area contributed by atoms with Gasteiger partial charge in [-0.3, -0.25) is 0 Å². The first kappa shape index (κ1) is 7.73. The molecule has 0 aromatic rings. The van der Waals surface area contributed by atoms with E-state index in [1.165, 1.54) is 6.92 Å². The zero-order chi connectivity index (χ0) is 6.57. The molecule has 0 fully saturated rings. The molecule has 1 amide bonds. The van der Waals surface area contributed by atoms with Crippen LogP contribution in [0, 0.1) is 0 Å². The predicted molar refractivity (Wildman–Crippen MR) is 27.6 cm³/mol. The summed E-state index contributed by atoms with van der Waals surface area (Å²) in [4.78, 5) is 19.8. The Morgan fingerprint density at radius 2 is 2.12 bits per heavy atom. The quantitative estimate of drug-likeness (QED) is 0.624. The molecule has 8 heavy (non-hydrogen) atoms. The van der Waals surface area contributed by atoms with Crippen LogP contribution in [0.4, 0.5) is 4.79 Å². The van der Waals surface area contributed by atoms with Gasteiger partial charge in [0.05, 0.1) is 0 Å². The van der Waals surface area contributed by atoms with Gasteiger partial charge in [-0.05, 0) is 0 Å². The van der Waals surface area contributed by atoms with Crippen molar-refractivity contribution < 1.29 is 14.7 Å². The molecule has 5 heteroatoms. The summed E-state index contributed by atoms with van der Waals surface area (Å²) < 4.78 is 1.98. The predicted octanol–water partition coefficient (Wildman–Crippen LogP) is -0.580. The molecule has 0 atom stereocenters. The Morgan fingerprint density at radius 1 is 1.62 bits per heavy atom. The molecule has 0 rings (SSSR count). The van der Waals surface area contributed by atoms with Crippen LogP contribution in [0.25, 0.3) is 0 Å². The fourth-order valence-electron chi connectivity index (χ4n) is 0.116. The van der Waals surface area contributed by atoms with Crippen LogP contribution < -0.4 is 3.57 Å². The zero-order valence-electron chi connectivity index (χ0n) is 4.17. The van der Waals surface area contributed by atoms with Crippen molar-refractivity contribution in [3.8, 4) is 0 Å². The van der Waals surface area contributed by atoms with Crippen LogP contribution in [0.1, 0.15) is 6.92 Å². The first-order chi connectivity index (χ1) is 3.63. The van der Waals surface area contributed by atoms with E-state index >= 15 is 0 Å². The number of hydrogen-bond acceptors (Lipinski definition) is 2. The number of hydrogen-bond donors (Lipinski definition) is 2. The summed E-state index contributed by atoms with van der Waals surface area (Å²) in [6, 6.07) is 0. The molecule has 2 N–H and O–H groups in total. The second-order valence-electron chi connectivity index (χ2n) is 1.00. The molecular weight excluding hydrogens is 226 g/mol. The van der Waals surface area contributed by atoms with Crippen molar-refractivity contribution in [2.24, 2.45) is 0 Å². The molecular formula is C3H5NO3Te. The van der Waals surface area contributed by atoms with Gasteiger partial charge in [0, 0.05) is 0 Å². The fourth-order valence-corrected chi connectivity index (χ4v) is 0.775. The van der Waals surface area contributed by atoms with Gasteiger partial charge >= 0.3 is 56.3 Å². The summed E-state index contributed by atoms with van der Waals surface area (Å²) in [5.74, 6) is 0. The first-order valence-corrected chi connectivity index (χ1v) is 4.12. The Balaban J connectivity index is 3.18. The minimum absolute atomic E-state index is 0.0576. The number of carbonyl (C=O) groups excluding carboxylic acids is 1. The molecule has 0 radical (unpaired) electrons. The third kappa shape index (κ3) is 5.73. The summed E-state index contributed by atoms with van der Waals surface area (Å²) >= 11 is -1.12. The van der Waals surface area contributed by atoms with Crippen LogP contribution in [0.15, 0.2) is 0 Å². The summed E-state index contributed by atoms with van der Waals surface area (Å²) in [6.45, 7) is 1.37. The fraction of sp³-hybridized carbons (Fsp3) is 0.333. The summed E-state index contributed by atoms with van der Waals surface area (Å²) in [5, 5.41) is 7.93. The minimum atomic E-state index is -1.12. The van der Waals surface area contributed by atoms with Crippen molar-refractivity contribution in [3.05, 3.63) is 0 Å². The molecule has 46 valence electrons. The summed E-state index contributed by atoms with van der Waals surface area (Å²) in [6.07, 6.45) is -1.11. The van der Waals surface area contributed by atoms with Crippen molar-refractivity contribution in [2.75, 3.05) is 0 Å². The van der Waals surface area contributed by atoms with Crippen molar-refractivity contribution in [1.29, 1.82) is 0 Å². The Morgan fingerprint density at radius 3 is 2.25 bits per heavy atom. The molecule has 0 aliphatic heterocycles. The average molecular weight is 231 g/mol. The standard InChI is InChI=1S/C3H5NO3Te/c1-2(5)8-4-3(6)7/h4H,1H3,(H,6,7). The van der Waals surface area contributed by atoms with Crippen molar-refractivity contribution in [3.63, 3.8) is 0 Å². The van der Waals surface area contributed by atoms with Crippen LogP contribution in [-0.2, 0) is 4.79 Å². The summed E-state index contributed by atoms with van der Waals surface area (Å²) in [7, 11) is 0. The molecule has 0 bridgehead atoms. The molecule has 0 aliphatic rings. The van der Waals surface area contributed by atoms with Crippen molar-refractivity contribution in [1.82, 2.24) is 3.57 Å². The monoisotopic (exact) mass is 233 g/mol. The SMILES string of the molecule is CC(=O)[Te]NC(=O)O. The number of rotatable bonds is 2. The second kappa shape index (κ2) is 3.70. The molecule has 0 saturated carbocycles. The van der Waals surface area contributed by atoms with Crippen molar-refractivity contribution in [2.45, 2.75) is 6.92 Å². The molecule has 0 saturated heterocycles. The Kier molecular flexibility index (Phi) is 3.57. The van der Waals surface area contributed by atoms with E-state index in [1.54, 1.807) is 0 Å².